The van der Waals surface area contributed by atoms with E-state index in [4.69, 9.17) is 11.2 Å². The number of ether oxygens (including phenoxy) is 1. The summed E-state index contributed by atoms with van der Waals surface area (Å²) in [7, 11) is 0. The lowest BCUT2D eigenvalue weighted by Gasteiger charge is -2.43. The van der Waals surface area contributed by atoms with Gasteiger partial charge in [-0.1, -0.05) is 43.2 Å². The van der Waals surface area contributed by atoms with Gasteiger partial charge in [-0.3, -0.25) is 9.59 Å². The Kier molecular flexibility index (Phi) is 9.52. The van der Waals surface area contributed by atoms with Gasteiger partial charge in [0.05, 0.1) is 0 Å². The summed E-state index contributed by atoms with van der Waals surface area (Å²) in [5.41, 5.74) is 2.36. The average Bonchev–Trinajstić information content (AvgIpc) is 2.82. The van der Waals surface area contributed by atoms with Crippen LogP contribution in [-0.4, -0.2) is 40.5 Å². The van der Waals surface area contributed by atoms with Gasteiger partial charge in [-0.05, 0) is 83.7 Å². The Hall–Kier alpha value is -3.79. The molecule has 3 amide bonds. The maximum absolute atomic E-state index is 13.9. The maximum Gasteiger partial charge on any atom is 0.408 e. The standard InChI is InChI=1S/C30H39N3O4/c1-10-22-15-17-23(18-16-22)26(27(35)32-25-20(3)13-12-14-21(25)4)33(30(8,9)11-2)24(34)19-31-28(36)37-29(5,6)7/h1,12-18,26H,11,19H2,2-9H3,(H,31,36)(H,32,35). The van der Waals surface area contributed by atoms with Crippen LogP contribution >= 0.6 is 0 Å². The lowest BCUT2D eigenvalue weighted by molar-refractivity contribution is -0.145. The van der Waals surface area contributed by atoms with Crippen LogP contribution in [0, 0.1) is 26.2 Å². The number of amides is 3. The largest absolute Gasteiger partial charge is 0.444 e. The minimum absolute atomic E-state index is 0.325. The number of benzene rings is 2. The van der Waals surface area contributed by atoms with E-state index in [9.17, 15) is 14.4 Å². The van der Waals surface area contributed by atoms with Crippen molar-refractivity contribution in [3.8, 4) is 12.3 Å². The molecule has 0 fully saturated rings. The summed E-state index contributed by atoms with van der Waals surface area (Å²) in [5, 5.41) is 5.58. The first-order valence-corrected chi connectivity index (χ1v) is 12.4. The molecule has 1 atom stereocenters. The van der Waals surface area contributed by atoms with Crippen molar-refractivity contribution in [3.63, 3.8) is 0 Å². The van der Waals surface area contributed by atoms with Crippen molar-refractivity contribution in [1.82, 2.24) is 10.2 Å². The number of carbonyl (C=O) groups is 3. The van der Waals surface area contributed by atoms with Crippen LogP contribution in [0.1, 0.15) is 76.3 Å². The van der Waals surface area contributed by atoms with Gasteiger partial charge in [-0.2, -0.15) is 0 Å². The fraction of sp³-hybridized carbons (Fsp3) is 0.433. The number of nitrogens with one attached hydrogen (secondary N) is 2. The van der Waals surface area contributed by atoms with E-state index in [0.29, 0.717) is 23.2 Å². The number of anilines is 1. The Morgan fingerprint density at radius 2 is 1.57 bits per heavy atom. The van der Waals surface area contributed by atoms with E-state index in [1.807, 2.05) is 52.8 Å². The van der Waals surface area contributed by atoms with Gasteiger partial charge in [-0.15, -0.1) is 6.42 Å². The monoisotopic (exact) mass is 505 g/mol. The summed E-state index contributed by atoms with van der Waals surface area (Å²) in [6.45, 7) is 14.5. The van der Waals surface area contributed by atoms with Gasteiger partial charge < -0.3 is 20.3 Å². The van der Waals surface area contributed by atoms with Gasteiger partial charge in [0, 0.05) is 16.8 Å². The molecule has 0 aliphatic rings. The maximum atomic E-state index is 13.9. The molecule has 1 unspecified atom stereocenters. The number of aryl methyl sites for hydroxylation is 2. The highest BCUT2D eigenvalue weighted by Gasteiger charge is 2.40. The SMILES string of the molecule is C#Cc1ccc(C(C(=O)Nc2c(C)cccc2C)N(C(=O)CNC(=O)OC(C)(C)C)C(C)(C)CC)cc1. The number of hydrogen-bond acceptors (Lipinski definition) is 4. The van der Waals surface area contributed by atoms with Crippen LogP contribution in [0.3, 0.4) is 0 Å². The molecule has 0 saturated carbocycles. The van der Waals surface area contributed by atoms with Gasteiger partial charge in [0.25, 0.3) is 5.91 Å². The van der Waals surface area contributed by atoms with Crippen molar-refractivity contribution in [1.29, 1.82) is 0 Å². The molecule has 7 heteroatoms. The van der Waals surface area contributed by atoms with Crippen molar-refractivity contribution in [3.05, 3.63) is 64.7 Å². The second-order valence-electron chi connectivity index (χ2n) is 10.7. The molecule has 198 valence electrons. The quantitative estimate of drug-likeness (QED) is 0.463. The van der Waals surface area contributed by atoms with Gasteiger partial charge >= 0.3 is 6.09 Å². The number of nitrogens with zero attached hydrogens (tertiary/aromatic N) is 1. The summed E-state index contributed by atoms with van der Waals surface area (Å²) in [6.07, 6.45) is 5.40. The van der Waals surface area contributed by atoms with Crippen LogP contribution in [-0.2, 0) is 14.3 Å². The zero-order valence-corrected chi connectivity index (χ0v) is 23.2. The molecule has 2 aromatic carbocycles. The second-order valence-corrected chi connectivity index (χ2v) is 10.7. The smallest absolute Gasteiger partial charge is 0.408 e. The van der Waals surface area contributed by atoms with Crippen LogP contribution < -0.4 is 10.6 Å². The molecule has 2 aromatic rings. The third kappa shape index (κ3) is 7.85. The number of terminal acetylenes is 1. The van der Waals surface area contributed by atoms with Crippen LogP contribution in [0.25, 0.3) is 0 Å². The normalized spacial score (nSPS) is 12.2. The predicted octanol–water partition coefficient (Wildman–Crippen LogP) is 5.51. The average molecular weight is 506 g/mol. The lowest BCUT2D eigenvalue weighted by Crippen LogP contribution is -2.55. The van der Waals surface area contributed by atoms with Crippen molar-refractivity contribution >= 4 is 23.6 Å². The van der Waals surface area contributed by atoms with Crippen LogP contribution in [0.5, 0.6) is 0 Å². The Bertz CT molecular complexity index is 1150. The van der Waals surface area contributed by atoms with E-state index in [2.05, 4.69) is 16.6 Å². The number of para-hydroxylation sites is 1. The molecule has 0 saturated heterocycles. The molecule has 0 spiro atoms. The summed E-state index contributed by atoms with van der Waals surface area (Å²) < 4.78 is 5.28. The van der Waals surface area contributed by atoms with E-state index in [0.717, 1.165) is 11.1 Å². The molecule has 37 heavy (non-hydrogen) atoms. The highest BCUT2D eigenvalue weighted by Crippen LogP contribution is 2.33. The molecular weight excluding hydrogens is 466 g/mol. The third-order valence-corrected chi connectivity index (χ3v) is 6.20. The minimum Gasteiger partial charge on any atom is -0.444 e. The first-order valence-electron chi connectivity index (χ1n) is 12.4. The fourth-order valence-electron chi connectivity index (χ4n) is 3.93. The van der Waals surface area contributed by atoms with Gasteiger partial charge in [-0.25, -0.2) is 4.79 Å². The number of hydrogen-bond donors (Lipinski definition) is 2. The Morgan fingerprint density at radius 3 is 2.05 bits per heavy atom. The Labute approximate surface area is 221 Å². The first kappa shape index (κ1) is 29.4. The van der Waals surface area contributed by atoms with Crippen molar-refractivity contribution in [2.45, 2.75) is 79.0 Å². The molecule has 0 aromatic heterocycles. The highest BCUT2D eigenvalue weighted by atomic mass is 16.6. The van der Waals surface area contributed by atoms with E-state index in [1.165, 1.54) is 4.90 Å². The second kappa shape index (κ2) is 12.0. The van der Waals surface area contributed by atoms with Gasteiger partial charge in [0.2, 0.25) is 5.91 Å². The zero-order chi connectivity index (χ0) is 28.0. The highest BCUT2D eigenvalue weighted by molar-refractivity contribution is 5.99. The van der Waals surface area contributed by atoms with Crippen LogP contribution in [0.4, 0.5) is 10.5 Å². The third-order valence-electron chi connectivity index (χ3n) is 6.20. The van der Waals surface area contributed by atoms with Crippen LogP contribution in [0.2, 0.25) is 0 Å². The van der Waals surface area contributed by atoms with Gasteiger partial charge in [0.15, 0.2) is 0 Å². The zero-order valence-electron chi connectivity index (χ0n) is 23.2. The van der Waals surface area contributed by atoms with E-state index in [1.54, 1.807) is 45.0 Å². The van der Waals surface area contributed by atoms with Crippen LogP contribution in [0.15, 0.2) is 42.5 Å². The van der Waals surface area contributed by atoms with E-state index in [-0.39, 0.29) is 12.5 Å². The molecule has 0 radical (unpaired) electrons. The first-order chi connectivity index (χ1) is 17.2. The Balaban J connectivity index is 2.53. The molecule has 2 rings (SSSR count). The molecule has 2 N–H and O–H groups in total. The van der Waals surface area contributed by atoms with E-state index >= 15 is 0 Å². The number of carbonyl (C=O) groups excluding carboxylic acids is 3. The number of alkyl carbamates (subject to hydrolysis) is 1. The summed E-state index contributed by atoms with van der Waals surface area (Å²) >= 11 is 0. The molecule has 7 nitrogen and oxygen atoms in total. The fourth-order valence-corrected chi connectivity index (χ4v) is 3.93. The van der Waals surface area contributed by atoms with Gasteiger partial charge in [0.1, 0.15) is 18.2 Å². The summed E-state index contributed by atoms with van der Waals surface area (Å²) in [6, 6.07) is 11.8. The van der Waals surface area contributed by atoms with Crippen molar-refractivity contribution in [2.24, 2.45) is 0 Å². The molecular formula is C30H39N3O4. The Morgan fingerprint density at radius 1 is 1.00 bits per heavy atom. The van der Waals surface area contributed by atoms with Crippen molar-refractivity contribution in [2.75, 3.05) is 11.9 Å². The lowest BCUT2D eigenvalue weighted by atomic mass is 9.92. The summed E-state index contributed by atoms with van der Waals surface area (Å²) in [4.78, 5) is 41.4. The van der Waals surface area contributed by atoms with Crippen molar-refractivity contribution < 1.29 is 19.1 Å². The topological polar surface area (TPSA) is 87.7 Å². The number of rotatable bonds is 8. The predicted molar refractivity (Wildman–Crippen MR) is 147 cm³/mol. The molecule has 0 bridgehead atoms. The molecule has 0 aliphatic carbocycles. The van der Waals surface area contributed by atoms with E-state index < -0.39 is 29.2 Å². The minimum atomic E-state index is -0.978. The molecule has 0 heterocycles. The molecule has 0 aliphatic heterocycles. The summed E-state index contributed by atoms with van der Waals surface area (Å²) in [5.74, 6) is 1.80.